The first-order valence-corrected chi connectivity index (χ1v) is 10.8. The minimum Gasteiger partial charge on any atom is -0.497 e. The van der Waals surface area contributed by atoms with Crippen LogP contribution in [0.2, 0.25) is 5.02 Å². The fourth-order valence-electron chi connectivity index (χ4n) is 4.30. The lowest BCUT2D eigenvalue weighted by atomic mass is 9.97. The molecule has 0 radical (unpaired) electrons. The molecule has 2 heterocycles. The van der Waals surface area contributed by atoms with E-state index in [-0.39, 0.29) is 12.5 Å². The Morgan fingerprint density at radius 3 is 2.47 bits per heavy atom. The predicted molar refractivity (Wildman–Crippen MR) is 122 cm³/mol. The van der Waals surface area contributed by atoms with Gasteiger partial charge < -0.3 is 19.5 Å². The van der Waals surface area contributed by atoms with Crippen LogP contribution in [-0.4, -0.2) is 55.7 Å². The Labute approximate surface area is 191 Å². The van der Waals surface area contributed by atoms with E-state index in [1.54, 1.807) is 42.5 Å². The standard InChI is InChI=1S/C24H25ClN2O5/c1-31-18-9-10-20(32-2)19(12-18)27-23(29)21(16-5-7-17(25)8-6-16)22(24(27)30)26-11-3-4-15(13-26)14-28/h5-10,12,15,28H,3-4,11,13-14H2,1-2H3. The summed E-state index contributed by atoms with van der Waals surface area (Å²) in [5.41, 5.74) is 1.58. The van der Waals surface area contributed by atoms with Crippen LogP contribution < -0.4 is 14.4 Å². The number of methoxy groups -OCH3 is 2. The molecule has 2 aromatic carbocycles. The second kappa shape index (κ2) is 9.22. The van der Waals surface area contributed by atoms with Crippen molar-refractivity contribution in [3.63, 3.8) is 0 Å². The lowest BCUT2D eigenvalue weighted by Gasteiger charge is -2.34. The highest BCUT2D eigenvalue weighted by Gasteiger charge is 2.44. The van der Waals surface area contributed by atoms with Crippen molar-refractivity contribution < 1.29 is 24.2 Å². The maximum atomic E-state index is 13.7. The topological polar surface area (TPSA) is 79.3 Å². The Bertz CT molecular complexity index is 1070. The molecule has 2 aromatic rings. The number of hydrogen-bond donors (Lipinski definition) is 1. The van der Waals surface area contributed by atoms with E-state index in [1.807, 2.05) is 4.90 Å². The summed E-state index contributed by atoms with van der Waals surface area (Å²) in [7, 11) is 3.01. The number of carbonyl (C=O) groups is 2. The molecule has 0 saturated carbocycles. The van der Waals surface area contributed by atoms with Gasteiger partial charge in [-0.2, -0.15) is 0 Å². The van der Waals surface area contributed by atoms with Gasteiger partial charge in [0.1, 0.15) is 17.2 Å². The minimum atomic E-state index is -0.440. The first-order valence-electron chi connectivity index (χ1n) is 10.4. The van der Waals surface area contributed by atoms with Crippen LogP contribution >= 0.6 is 11.6 Å². The second-order valence-electron chi connectivity index (χ2n) is 7.85. The van der Waals surface area contributed by atoms with E-state index >= 15 is 0 Å². The number of piperidine rings is 1. The zero-order chi connectivity index (χ0) is 22.8. The average molecular weight is 457 g/mol. The quantitative estimate of drug-likeness (QED) is 0.671. The highest BCUT2D eigenvalue weighted by Crippen LogP contribution is 2.41. The molecule has 2 aliphatic heterocycles. The molecule has 32 heavy (non-hydrogen) atoms. The molecule has 1 N–H and O–H groups in total. The third-order valence-electron chi connectivity index (χ3n) is 5.91. The number of hydrogen-bond acceptors (Lipinski definition) is 6. The molecule has 1 saturated heterocycles. The monoisotopic (exact) mass is 456 g/mol. The number of carbonyl (C=O) groups excluding carboxylic acids is 2. The molecule has 2 aliphatic rings. The molecule has 168 valence electrons. The molecule has 7 nitrogen and oxygen atoms in total. The molecule has 0 spiro atoms. The Hall–Kier alpha value is -3.03. The number of imide groups is 1. The summed E-state index contributed by atoms with van der Waals surface area (Å²) in [6, 6.07) is 11.9. The zero-order valence-electron chi connectivity index (χ0n) is 18.0. The first-order chi connectivity index (χ1) is 15.5. The van der Waals surface area contributed by atoms with Gasteiger partial charge in [-0.1, -0.05) is 23.7 Å². The maximum Gasteiger partial charge on any atom is 0.282 e. The summed E-state index contributed by atoms with van der Waals surface area (Å²) in [6.45, 7) is 1.17. The Kier molecular flexibility index (Phi) is 6.39. The Morgan fingerprint density at radius 2 is 1.81 bits per heavy atom. The summed E-state index contributed by atoms with van der Waals surface area (Å²) in [4.78, 5) is 30.5. The number of benzene rings is 2. The number of ether oxygens (including phenoxy) is 2. The molecule has 1 atom stereocenters. The van der Waals surface area contributed by atoms with Crippen LogP contribution in [-0.2, 0) is 9.59 Å². The van der Waals surface area contributed by atoms with Gasteiger partial charge in [-0.25, -0.2) is 4.90 Å². The van der Waals surface area contributed by atoms with Gasteiger partial charge in [0, 0.05) is 30.8 Å². The summed E-state index contributed by atoms with van der Waals surface area (Å²) in [6.07, 6.45) is 1.71. The molecular weight excluding hydrogens is 432 g/mol. The second-order valence-corrected chi connectivity index (χ2v) is 8.29. The largest absolute Gasteiger partial charge is 0.497 e. The van der Waals surface area contributed by atoms with Crippen LogP contribution in [0.25, 0.3) is 5.57 Å². The van der Waals surface area contributed by atoms with E-state index in [2.05, 4.69) is 0 Å². The van der Waals surface area contributed by atoms with E-state index in [4.69, 9.17) is 21.1 Å². The van der Waals surface area contributed by atoms with Gasteiger partial charge >= 0.3 is 0 Å². The molecule has 0 aromatic heterocycles. The van der Waals surface area contributed by atoms with Crippen LogP contribution in [0.1, 0.15) is 18.4 Å². The lowest BCUT2D eigenvalue weighted by Crippen LogP contribution is -2.40. The van der Waals surface area contributed by atoms with Crippen molar-refractivity contribution in [2.45, 2.75) is 12.8 Å². The maximum absolute atomic E-state index is 13.7. The van der Waals surface area contributed by atoms with Gasteiger partial charge in [-0.3, -0.25) is 9.59 Å². The molecule has 2 amide bonds. The number of likely N-dealkylation sites (tertiary alicyclic amines) is 1. The number of anilines is 1. The van der Waals surface area contributed by atoms with E-state index < -0.39 is 11.8 Å². The first kappa shape index (κ1) is 22.2. The number of amides is 2. The van der Waals surface area contributed by atoms with Crippen LogP contribution in [0, 0.1) is 5.92 Å². The summed E-state index contributed by atoms with van der Waals surface area (Å²) in [5.74, 6) is 0.0680. The molecule has 4 rings (SSSR count). The molecule has 0 aliphatic carbocycles. The number of aliphatic hydroxyl groups excluding tert-OH is 1. The number of rotatable bonds is 6. The van der Waals surface area contributed by atoms with Gasteiger partial charge in [-0.05, 0) is 48.6 Å². The summed E-state index contributed by atoms with van der Waals surface area (Å²) in [5, 5.41) is 10.2. The minimum absolute atomic E-state index is 0.0373. The lowest BCUT2D eigenvalue weighted by molar-refractivity contribution is -0.120. The smallest absolute Gasteiger partial charge is 0.282 e. The SMILES string of the molecule is COc1ccc(OC)c(N2C(=O)C(c3ccc(Cl)cc3)=C(N3CCCC(CO)C3)C2=O)c1. The summed E-state index contributed by atoms with van der Waals surface area (Å²) < 4.78 is 10.8. The van der Waals surface area contributed by atoms with Crippen LogP contribution in [0.4, 0.5) is 5.69 Å². The van der Waals surface area contributed by atoms with Crippen LogP contribution in [0.3, 0.4) is 0 Å². The van der Waals surface area contributed by atoms with E-state index in [9.17, 15) is 14.7 Å². The molecule has 8 heteroatoms. The third-order valence-corrected chi connectivity index (χ3v) is 6.16. The molecule has 1 unspecified atom stereocenters. The fourth-order valence-corrected chi connectivity index (χ4v) is 4.42. The number of aliphatic hydroxyl groups is 1. The van der Waals surface area contributed by atoms with Gasteiger partial charge in [0.25, 0.3) is 11.8 Å². The normalized spacial score (nSPS) is 19.1. The third kappa shape index (κ3) is 3.94. The average Bonchev–Trinajstić information content (AvgIpc) is 3.08. The van der Waals surface area contributed by atoms with Gasteiger partial charge in [0.05, 0.1) is 25.5 Å². The summed E-state index contributed by atoms with van der Waals surface area (Å²) >= 11 is 6.06. The van der Waals surface area contributed by atoms with Crippen molar-refractivity contribution >= 4 is 34.7 Å². The van der Waals surface area contributed by atoms with Crippen LogP contribution in [0.5, 0.6) is 11.5 Å². The van der Waals surface area contributed by atoms with E-state index in [1.165, 1.54) is 14.2 Å². The van der Waals surface area contributed by atoms with Crippen molar-refractivity contribution in [2.24, 2.45) is 5.92 Å². The van der Waals surface area contributed by atoms with Gasteiger partial charge in [0.2, 0.25) is 0 Å². The van der Waals surface area contributed by atoms with Crippen LogP contribution in [0.15, 0.2) is 48.2 Å². The number of halogens is 1. The molecule has 0 bridgehead atoms. The fraction of sp³-hybridized carbons (Fsp3) is 0.333. The molecular formula is C24H25ClN2O5. The van der Waals surface area contributed by atoms with Gasteiger partial charge in [-0.15, -0.1) is 0 Å². The van der Waals surface area contributed by atoms with Crippen molar-refractivity contribution in [1.82, 2.24) is 4.90 Å². The van der Waals surface area contributed by atoms with Gasteiger partial charge in [0.15, 0.2) is 0 Å². The highest BCUT2D eigenvalue weighted by molar-refractivity contribution is 6.45. The highest BCUT2D eigenvalue weighted by atomic mass is 35.5. The Balaban J connectivity index is 1.84. The number of nitrogens with zero attached hydrogens (tertiary/aromatic N) is 2. The molecule has 1 fully saturated rings. The predicted octanol–water partition coefficient (Wildman–Crippen LogP) is 3.35. The van der Waals surface area contributed by atoms with Crippen molar-refractivity contribution in [3.8, 4) is 11.5 Å². The van der Waals surface area contributed by atoms with Crippen molar-refractivity contribution in [1.29, 1.82) is 0 Å². The zero-order valence-corrected chi connectivity index (χ0v) is 18.8. The Morgan fingerprint density at radius 1 is 1.06 bits per heavy atom. The van der Waals surface area contributed by atoms with Crippen molar-refractivity contribution in [2.75, 3.05) is 38.8 Å². The van der Waals surface area contributed by atoms with E-state index in [0.29, 0.717) is 52.1 Å². The van der Waals surface area contributed by atoms with Crippen molar-refractivity contribution in [3.05, 3.63) is 58.7 Å². The van der Waals surface area contributed by atoms with E-state index in [0.717, 1.165) is 17.7 Å².